The molecule has 1 aromatic rings. The summed E-state index contributed by atoms with van der Waals surface area (Å²) >= 11 is 5.73. The van der Waals surface area contributed by atoms with Gasteiger partial charge >= 0.3 is 0 Å². The number of carbonyl (C=O) groups excluding carboxylic acids is 1. The Bertz CT molecular complexity index is 364. The van der Waals surface area contributed by atoms with E-state index in [-0.39, 0.29) is 11.9 Å². The average molecular weight is 256 g/mol. The van der Waals surface area contributed by atoms with Gasteiger partial charge in [0.15, 0.2) is 0 Å². The monoisotopic (exact) mass is 255 g/mol. The fourth-order valence-corrected chi connectivity index (χ4v) is 1.79. The third-order valence-corrected chi connectivity index (χ3v) is 2.92. The summed E-state index contributed by atoms with van der Waals surface area (Å²) in [4.78, 5) is 11.7. The Morgan fingerprint density at radius 1 is 1.53 bits per heavy atom. The molecule has 0 bridgehead atoms. The van der Waals surface area contributed by atoms with Gasteiger partial charge in [0.1, 0.15) is 5.75 Å². The summed E-state index contributed by atoms with van der Waals surface area (Å²) in [6.07, 6.45) is 1.19. The molecule has 3 nitrogen and oxygen atoms in total. The Hall–Kier alpha value is -1.22. The zero-order valence-electron chi connectivity index (χ0n) is 10.2. The fourth-order valence-electron chi connectivity index (χ4n) is 1.50. The highest BCUT2D eigenvalue weighted by atomic mass is 35.5. The van der Waals surface area contributed by atoms with Crippen molar-refractivity contribution in [3.8, 4) is 5.75 Å². The number of hydrogen-bond donors (Lipinski definition) is 1. The third-order valence-electron chi connectivity index (χ3n) is 2.54. The Labute approximate surface area is 107 Å². The quantitative estimate of drug-likeness (QED) is 0.793. The number of nitrogens with one attached hydrogen (secondary N) is 1. The highest BCUT2D eigenvalue weighted by molar-refractivity contribution is 6.18. The lowest BCUT2D eigenvalue weighted by atomic mass is 10.1. The lowest BCUT2D eigenvalue weighted by molar-refractivity contribution is -0.121. The molecule has 0 saturated heterocycles. The van der Waals surface area contributed by atoms with Crippen LogP contribution in [0.4, 0.5) is 0 Å². The number of halogens is 1. The van der Waals surface area contributed by atoms with Gasteiger partial charge < -0.3 is 10.1 Å². The van der Waals surface area contributed by atoms with Crippen molar-refractivity contribution < 1.29 is 9.53 Å². The molecule has 17 heavy (non-hydrogen) atoms. The Balaban J connectivity index is 2.55. The molecule has 1 unspecified atom stereocenters. The number of methoxy groups -OCH3 is 1. The fraction of sp³-hybridized carbons (Fsp3) is 0.462. The number of carbonyl (C=O) groups is 1. The molecule has 0 aliphatic carbocycles. The second kappa shape index (κ2) is 7.17. The number of ether oxygens (including phenoxy) is 1. The predicted octanol–water partition coefficient (Wildman–Crippen LogP) is 2.37. The molecular weight excluding hydrogens is 238 g/mol. The van der Waals surface area contributed by atoms with E-state index in [1.54, 1.807) is 7.11 Å². The van der Waals surface area contributed by atoms with E-state index in [9.17, 15) is 4.79 Å². The number of benzene rings is 1. The molecule has 1 amide bonds. The molecule has 1 rings (SSSR count). The van der Waals surface area contributed by atoms with E-state index in [0.29, 0.717) is 12.3 Å². The van der Waals surface area contributed by atoms with Crippen molar-refractivity contribution >= 4 is 17.5 Å². The van der Waals surface area contributed by atoms with Crippen LogP contribution < -0.4 is 10.1 Å². The first-order valence-corrected chi connectivity index (χ1v) is 6.21. The molecule has 0 heterocycles. The molecule has 1 aromatic carbocycles. The van der Waals surface area contributed by atoms with Gasteiger partial charge in [0.25, 0.3) is 0 Å². The molecule has 0 spiro atoms. The van der Waals surface area contributed by atoms with Crippen LogP contribution in [0.25, 0.3) is 0 Å². The van der Waals surface area contributed by atoms with Crippen molar-refractivity contribution in [3.05, 3.63) is 29.8 Å². The highest BCUT2D eigenvalue weighted by Crippen LogP contribution is 2.12. The molecule has 1 atom stereocenters. The van der Waals surface area contributed by atoms with Crippen LogP contribution in [-0.2, 0) is 11.2 Å². The normalized spacial score (nSPS) is 11.9. The van der Waals surface area contributed by atoms with Gasteiger partial charge in [0, 0.05) is 11.9 Å². The molecule has 0 fully saturated rings. The van der Waals surface area contributed by atoms with Gasteiger partial charge in [-0.2, -0.15) is 0 Å². The van der Waals surface area contributed by atoms with Crippen LogP contribution in [0.1, 0.15) is 18.9 Å². The summed E-state index contributed by atoms with van der Waals surface area (Å²) in [5, 5.41) is 2.89. The molecule has 0 aliphatic heterocycles. The minimum atomic E-state index is -0.00856. The van der Waals surface area contributed by atoms with Gasteiger partial charge in [-0.15, -0.1) is 11.6 Å². The van der Waals surface area contributed by atoms with Crippen LogP contribution in [-0.4, -0.2) is 24.9 Å². The Kier molecular flexibility index (Phi) is 5.84. The molecule has 4 heteroatoms. The first-order chi connectivity index (χ1) is 8.19. The summed E-state index contributed by atoms with van der Waals surface area (Å²) in [5.41, 5.74) is 0.936. The minimum Gasteiger partial charge on any atom is -0.497 e. The Morgan fingerprint density at radius 2 is 2.29 bits per heavy atom. The smallest absolute Gasteiger partial charge is 0.224 e. The maximum atomic E-state index is 11.7. The number of rotatable bonds is 6. The van der Waals surface area contributed by atoms with E-state index < -0.39 is 0 Å². The lowest BCUT2D eigenvalue weighted by Crippen LogP contribution is -2.36. The second-order valence-electron chi connectivity index (χ2n) is 3.86. The Morgan fingerprint density at radius 3 is 2.88 bits per heavy atom. The average Bonchev–Trinajstić information content (AvgIpc) is 2.36. The summed E-state index contributed by atoms with van der Waals surface area (Å²) in [6, 6.07) is 7.55. The lowest BCUT2D eigenvalue weighted by Gasteiger charge is -2.13. The topological polar surface area (TPSA) is 38.3 Å². The largest absolute Gasteiger partial charge is 0.497 e. The van der Waals surface area contributed by atoms with E-state index >= 15 is 0 Å². The first kappa shape index (κ1) is 13.8. The number of hydrogen-bond acceptors (Lipinski definition) is 2. The summed E-state index contributed by atoms with van der Waals surface area (Å²) < 4.78 is 5.11. The van der Waals surface area contributed by atoms with Crippen molar-refractivity contribution in [1.29, 1.82) is 0 Å². The molecule has 0 saturated carbocycles. The maximum absolute atomic E-state index is 11.7. The zero-order valence-corrected chi connectivity index (χ0v) is 11.0. The molecule has 1 N–H and O–H groups in total. The van der Waals surface area contributed by atoms with Crippen molar-refractivity contribution in [1.82, 2.24) is 5.32 Å². The van der Waals surface area contributed by atoms with Crippen LogP contribution in [0.2, 0.25) is 0 Å². The van der Waals surface area contributed by atoms with E-state index in [4.69, 9.17) is 16.3 Å². The minimum absolute atomic E-state index is 0.00856. The van der Waals surface area contributed by atoms with Gasteiger partial charge in [-0.25, -0.2) is 0 Å². The predicted molar refractivity (Wildman–Crippen MR) is 69.6 cm³/mol. The van der Waals surface area contributed by atoms with Crippen molar-refractivity contribution in [2.24, 2.45) is 0 Å². The van der Waals surface area contributed by atoms with E-state index in [1.807, 2.05) is 31.2 Å². The van der Waals surface area contributed by atoms with Crippen LogP contribution in [0, 0.1) is 0 Å². The highest BCUT2D eigenvalue weighted by Gasteiger charge is 2.09. The molecular formula is C13H18ClNO2. The van der Waals surface area contributed by atoms with Gasteiger partial charge in [-0.3, -0.25) is 4.79 Å². The first-order valence-electron chi connectivity index (χ1n) is 5.67. The van der Waals surface area contributed by atoms with E-state index in [0.717, 1.165) is 17.7 Å². The van der Waals surface area contributed by atoms with Crippen molar-refractivity contribution in [3.63, 3.8) is 0 Å². The zero-order chi connectivity index (χ0) is 12.7. The molecule has 0 aromatic heterocycles. The third kappa shape index (κ3) is 4.65. The van der Waals surface area contributed by atoms with Crippen LogP contribution in [0.3, 0.4) is 0 Å². The summed E-state index contributed by atoms with van der Waals surface area (Å²) in [7, 11) is 1.61. The SMILES string of the molecule is CCC(CCl)NC(=O)Cc1cccc(OC)c1. The number of alkyl halides is 1. The van der Waals surface area contributed by atoms with Gasteiger partial charge in [0.05, 0.1) is 13.5 Å². The van der Waals surface area contributed by atoms with Crippen LogP contribution in [0.5, 0.6) is 5.75 Å². The van der Waals surface area contributed by atoms with Crippen LogP contribution in [0.15, 0.2) is 24.3 Å². The van der Waals surface area contributed by atoms with Crippen LogP contribution >= 0.6 is 11.6 Å². The second-order valence-corrected chi connectivity index (χ2v) is 4.16. The molecule has 0 radical (unpaired) electrons. The summed E-state index contributed by atoms with van der Waals surface area (Å²) in [5.74, 6) is 1.20. The maximum Gasteiger partial charge on any atom is 0.224 e. The van der Waals surface area contributed by atoms with E-state index in [2.05, 4.69) is 5.32 Å². The summed E-state index contributed by atoms with van der Waals surface area (Å²) in [6.45, 7) is 2.00. The van der Waals surface area contributed by atoms with Gasteiger partial charge in [-0.1, -0.05) is 19.1 Å². The van der Waals surface area contributed by atoms with E-state index in [1.165, 1.54) is 0 Å². The van der Waals surface area contributed by atoms with Gasteiger partial charge in [0.2, 0.25) is 5.91 Å². The van der Waals surface area contributed by atoms with Crippen molar-refractivity contribution in [2.75, 3.05) is 13.0 Å². The number of amides is 1. The molecule has 94 valence electrons. The molecule has 0 aliphatic rings. The van der Waals surface area contributed by atoms with Gasteiger partial charge in [-0.05, 0) is 24.1 Å². The standard InChI is InChI=1S/C13H18ClNO2/c1-3-11(9-14)15-13(16)8-10-5-4-6-12(7-10)17-2/h4-7,11H,3,8-9H2,1-2H3,(H,15,16). The van der Waals surface area contributed by atoms with Crippen molar-refractivity contribution in [2.45, 2.75) is 25.8 Å².